The van der Waals surface area contributed by atoms with E-state index in [1.165, 1.54) is 11.8 Å². The molecule has 5 rings (SSSR count). The molecular weight excluding hydrogens is 450 g/mol. The van der Waals surface area contributed by atoms with Gasteiger partial charge in [0, 0.05) is 5.69 Å². The predicted octanol–water partition coefficient (Wildman–Crippen LogP) is 4.84. The van der Waals surface area contributed by atoms with E-state index in [2.05, 4.69) is 10.3 Å². The first-order valence-electron chi connectivity index (χ1n) is 10.7. The maximum Gasteiger partial charge on any atom is 0.283 e. The molecule has 0 spiro atoms. The Balaban J connectivity index is 1.40. The number of nitrogens with zero attached hydrogens (tertiary/aromatic N) is 2. The number of carbonyl (C=O) groups excluding carboxylic acids is 2. The molecule has 0 radical (unpaired) electrons. The number of carbonyl (C=O) groups is 2. The standard InChI is InChI=1S/C26H21N3O4S/c1-17-7-10-20(11-8-17)29-25(31)21(13-18-9-12-22-23(14-18)33-16-32-22)28-26(29)34-15-24(30)27-19-5-3-2-4-6-19/h2-14H,15-16H2,1H3,(H,27,30)/b21-13+. The number of hydrogen-bond acceptors (Lipinski definition) is 6. The lowest BCUT2D eigenvalue weighted by molar-refractivity contribution is -0.114. The molecule has 2 aliphatic heterocycles. The number of benzene rings is 3. The minimum atomic E-state index is -0.257. The fourth-order valence-corrected chi connectivity index (χ4v) is 4.34. The molecule has 0 bridgehead atoms. The molecule has 2 heterocycles. The Kier molecular flexibility index (Phi) is 6.05. The highest BCUT2D eigenvalue weighted by Crippen LogP contribution is 2.34. The van der Waals surface area contributed by atoms with Crippen molar-refractivity contribution in [1.29, 1.82) is 0 Å². The molecule has 0 saturated heterocycles. The zero-order chi connectivity index (χ0) is 23.5. The van der Waals surface area contributed by atoms with Crippen molar-refractivity contribution in [2.45, 2.75) is 6.92 Å². The van der Waals surface area contributed by atoms with Crippen LogP contribution in [0.1, 0.15) is 11.1 Å². The summed E-state index contributed by atoms with van der Waals surface area (Å²) in [6.45, 7) is 2.16. The lowest BCUT2D eigenvalue weighted by Crippen LogP contribution is -2.31. The second-order valence-electron chi connectivity index (χ2n) is 7.72. The van der Waals surface area contributed by atoms with Gasteiger partial charge >= 0.3 is 0 Å². The molecule has 0 saturated carbocycles. The first-order chi connectivity index (χ1) is 16.6. The Morgan fingerprint density at radius 2 is 1.82 bits per heavy atom. The number of para-hydroxylation sites is 1. The highest BCUT2D eigenvalue weighted by atomic mass is 32.2. The number of thioether (sulfide) groups is 1. The second kappa shape index (κ2) is 9.44. The number of nitrogens with one attached hydrogen (secondary N) is 1. The number of amidine groups is 1. The third kappa shape index (κ3) is 4.67. The van der Waals surface area contributed by atoms with Crippen LogP contribution in [0.4, 0.5) is 11.4 Å². The molecule has 0 aliphatic carbocycles. The molecular formula is C26H21N3O4S. The molecule has 0 unspecified atom stereocenters. The Morgan fingerprint density at radius 3 is 2.62 bits per heavy atom. The van der Waals surface area contributed by atoms with Crippen molar-refractivity contribution < 1.29 is 19.1 Å². The van der Waals surface area contributed by atoms with Crippen LogP contribution in [0.5, 0.6) is 11.5 Å². The summed E-state index contributed by atoms with van der Waals surface area (Å²) in [7, 11) is 0. The number of anilines is 2. The summed E-state index contributed by atoms with van der Waals surface area (Å²) in [6, 6.07) is 22.3. The van der Waals surface area contributed by atoms with E-state index in [4.69, 9.17) is 9.47 Å². The van der Waals surface area contributed by atoms with Crippen LogP contribution < -0.4 is 19.7 Å². The summed E-state index contributed by atoms with van der Waals surface area (Å²) in [4.78, 5) is 32.0. The molecule has 1 N–H and O–H groups in total. The monoisotopic (exact) mass is 471 g/mol. The van der Waals surface area contributed by atoms with Gasteiger partial charge in [-0.25, -0.2) is 4.99 Å². The molecule has 0 aromatic heterocycles. The van der Waals surface area contributed by atoms with Gasteiger partial charge in [-0.1, -0.05) is 53.7 Å². The van der Waals surface area contributed by atoms with Gasteiger partial charge < -0.3 is 14.8 Å². The van der Waals surface area contributed by atoms with Crippen LogP contribution in [-0.2, 0) is 9.59 Å². The van der Waals surface area contributed by atoms with E-state index in [0.717, 1.165) is 16.8 Å². The maximum atomic E-state index is 13.3. The minimum Gasteiger partial charge on any atom is -0.454 e. The van der Waals surface area contributed by atoms with E-state index in [-0.39, 0.29) is 30.1 Å². The van der Waals surface area contributed by atoms with Gasteiger partial charge in [-0.2, -0.15) is 0 Å². The summed E-state index contributed by atoms with van der Waals surface area (Å²) >= 11 is 1.21. The molecule has 0 fully saturated rings. The maximum absolute atomic E-state index is 13.3. The van der Waals surface area contributed by atoms with Crippen LogP contribution in [0.25, 0.3) is 6.08 Å². The van der Waals surface area contributed by atoms with Crippen molar-refractivity contribution in [3.63, 3.8) is 0 Å². The summed E-state index contributed by atoms with van der Waals surface area (Å²) in [6.07, 6.45) is 1.71. The van der Waals surface area contributed by atoms with Gasteiger partial charge in [0.1, 0.15) is 5.70 Å². The third-order valence-corrected chi connectivity index (χ3v) is 6.15. The molecule has 34 heavy (non-hydrogen) atoms. The Hall–Kier alpha value is -4.04. The largest absolute Gasteiger partial charge is 0.454 e. The van der Waals surface area contributed by atoms with Gasteiger partial charge in [-0.3, -0.25) is 14.5 Å². The number of aliphatic imine (C=N–C) groups is 1. The Labute approximate surface area is 201 Å². The topological polar surface area (TPSA) is 80.2 Å². The van der Waals surface area contributed by atoms with Gasteiger partial charge in [0.2, 0.25) is 12.7 Å². The molecule has 8 heteroatoms. The molecule has 3 aromatic carbocycles. The van der Waals surface area contributed by atoms with E-state index in [9.17, 15) is 9.59 Å². The molecule has 2 aliphatic rings. The fraction of sp³-hybridized carbons (Fsp3) is 0.115. The zero-order valence-electron chi connectivity index (χ0n) is 18.4. The van der Waals surface area contributed by atoms with Crippen molar-refractivity contribution in [2.75, 3.05) is 22.8 Å². The van der Waals surface area contributed by atoms with Crippen LogP contribution in [0.2, 0.25) is 0 Å². The lowest BCUT2D eigenvalue weighted by Gasteiger charge is -2.18. The van der Waals surface area contributed by atoms with Crippen LogP contribution in [0.15, 0.2) is 83.5 Å². The smallest absolute Gasteiger partial charge is 0.283 e. The summed E-state index contributed by atoms with van der Waals surface area (Å²) < 4.78 is 10.8. The first-order valence-corrected chi connectivity index (χ1v) is 11.6. The van der Waals surface area contributed by atoms with Gasteiger partial charge in [0.05, 0.1) is 11.4 Å². The van der Waals surface area contributed by atoms with E-state index in [0.29, 0.717) is 22.4 Å². The van der Waals surface area contributed by atoms with E-state index < -0.39 is 0 Å². The van der Waals surface area contributed by atoms with E-state index >= 15 is 0 Å². The predicted molar refractivity (Wildman–Crippen MR) is 134 cm³/mol. The Morgan fingerprint density at radius 1 is 1.06 bits per heavy atom. The van der Waals surface area contributed by atoms with Crippen molar-refractivity contribution in [3.05, 3.63) is 89.6 Å². The van der Waals surface area contributed by atoms with E-state index in [1.54, 1.807) is 17.0 Å². The molecule has 170 valence electrons. The average molecular weight is 472 g/mol. The van der Waals surface area contributed by atoms with Crippen molar-refractivity contribution in [1.82, 2.24) is 0 Å². The van der Waals surface area contributed by atoms with Gasteiger partial charge in [0.15, 0.2) is 16.7 Å². The SMILES string of the molecule is Cc1ccc(N2C(=O)/C(=C\c3ccc4c(c3)OCO4)N=C2SCC(=O)Nc2ccccc2)cc1. The van der Waals surface area contributed by atoms with Crippen LogP contribution >= 0.6 is 11.8 Å². The number of aryl methyl sites for hydroxylation is 1. The molecule has 7 nitrogen and oxygen atoms in total. The fourth-order valence-electron chi connectivity index (χ4n) is 3.52. The van der Waals surface area contributed by atoms with E-state index in [1.807, 2.05) is 73.7 Å². The van der Waals surface area contributed by atoms with Gasteiger partial charge in [0.25, 0.3) is 5.91 Å². The third-order valence-electron chi connectivity index (χ3n) is 5.21. The number of rotatable bonds is 5. The summed E-state index contributed by atoms with van der Waals surface area (Å²) in [5, 5.41) is 3.30. The number of ether oxygens (including phenoxy) is 2. The first kappa shape index (κ1) is 21.8. The molecule has 3 aromatic rings. The zero-order valence-corrected chi connectivity index (χ0v) is 19.2. The van der Waals surface area contributed by atoms with Crippen LogP contribution in [0, 0.1) is 6.92 Å². The quantitative estimate of drug-likeness (QED) is 0.539. The van der Waals surface area contributed by atoms with Crippen molar-refractivity contribution in [2.24, 2.45) is 4.99 Å². The highest BCUT2D eigenvalue weighted by molar-refractivity contribution is 8.14. The summed E-state index contributed by atoms with van der Waals surface area (Å²) in [5.74, 6) is 0.980. The highest BCUT2D eigenvalue weighted by Gasteiger charge is 2.32. The average Bonchev–Trinajstić information content (AvgIpc) is 3.43. The Bertz CT molecular complexity index is 1300. The second-order valence-corrected chi connectivity index (χ2v) is 8.66. The van der Waals surface area contributed by atoms with Crippen molar-refractivity contribution in [3.8, 4) is 11.5 Å². The van der Waals surface area contributed by atoms with Gasteiger partial charge in [-0.15, -0.1) is 0 Å². The lowest BCUT2D eigenvalue weighted by atomic mass is 10.1. The number of hydrogen-bond donors (Lipinski definition) is 1. The van der Waals surface area contributed by atoms with Crippen molar-refractivity contribution >= 4 is 46.2 Å². The molecule has 2 amide bonds. The number of fused-ring (bicyclic) bond motifs is 1. The normalized spacial score (nSPS) is 15.6. The van der Waals surface area contributed by atoms with Gasteiger partial charge in [-0.05, 0) is 55.0 Å². The molecule has 0 atom stereocenters. The van der Waals surface area contributed by atoms with Crippen LogP contribution in [-0.4, -0.2) is 29.5 Å². The van der Waals surface area contributed by atoms with Crippen LogP contribution in [0.3, 0.4) is 0 Å². The minimum absolute atomic E-state index is 0.112. The summed E-state index contributed by atoms with van der Waals surface area (Å²) in [5.41, 5.74) is 3.55. The number of amides is 2.